The lowest BCUT2D eigenvalue weighted by Crippen LogP contribution is -2.42. The maximum atomic E-state index is 12.2. The van der Waals surface area contributed by atoms with Crippen molar-refractivity contribution in [3.05, 3.63) is 35.9 Å². The average molecular weight is 334 g/mol. The fraction of sp³-hybridized carbons (Fsp3) is 0.632. The van der Waals surface area contributed by atoms with Crippen LogP contribution in [0.1, 0.15) is 45.6 Å². The van der Waals surface area contributed by atoms with Crippen LogP contribution >= 0.6 is 0 Å². The van der Waals surface area contributed by atoms with Crippen LogP contribution in [-0.4, -0.2) is 36.2 Å². The molecule has 0 unspecified atom stereocenters. The molecule has 0 aliphatic carbocycles. The molecule has 24 heavy (non-hydrogen) atoms. The van der Waals surface area contributed by atoms with Gasteiger partial charge in [0.05, 0.1) is 18.8 Å². The highest BCUT2D eigenvalue weighted by molar-refractivity contribution is 5.75. The summed E-state index contributed by atoms with van der Waals surface area (Å²) in [6.45, 7) is 6.75. The fourth-order valence-corrected chi connectivity index (χ4v) is 3.38. The molecule has 5 heteroatoms. The molecule has 0 bridgehead atoms. The Kier molecular flexibility index (Phi) is 4.95. The van der Waals surface area contributed by atoms with E-state index >= 15 is 0 Å². The first kappa shape index (κ1) is 17.4. The molecule has 132 valence electrons. The van der Waals surface area contributed by atoms with Crippen LogP contribution in [0.2, 0.25) is 0 Å². The molecule has 2 aliphatic heterocycles. The maximum Gasteiger partial charge on any atom is 0.335 e. The number of hydrogen-bond acceptors (Lipinski definition) is 5. The van der Waals surface area contributed by atoms with E-state index in [2.05, 4.69) is 0 Å². The maximum absolute atomic E-state index is 12.2. The fourth-order valence-electron chi connectivity index (χ4n) is 3.38. The highest BCUT2D eigenvalue weighted by atomic mass is 16.8. The van der Waals surface area contributed by atoms with E-state index in [0.717, 1.165) is 12.0 Å². The van der Waals surface area contributed by atoms with Crippen LogP contribution in [0, 0.1) is 0 Å². The largest absolute Gasteiger partial charge is 0.460 e. The van der Waals surface area contributed by atoms with Crippen LogP contribution in [0.25, 0.3) is 0 Å². The van der Waals surface area contributed by atoms with Crippen molar-refractivity contribution in [2.45, 2.75) is 70.2 Å². The van der Waals surface area contributed by atoms with Gasteiger partial charge >= 0.3 is 5.97 Å². The first-order chi connectivity index (χ1) is 11.4. The van der Waals surface area contributed by atoms with Gasteiger partial charge in [0, 0.05) is 6.42 Å². The summed E-state index contributed by atoms with van der Waals surface area (Å²) in [5.41, 5.74) is 0.644. The Balaban J connectivity index is 1.48. The van der Waals surface area contributed by atoms with Crippen molar-refractivity contribution in [2.75, 3.05) is 6.61 Å². The van der Waals surface area contributed by atoms with Gasteiger partial charge in [-0.3, -0.25) is 0 Å². The molecule has 2 heterocycles. The summed E-state index contributed by atoms with van der Waals surface area (Å²) < 4.78 is 22.9. The third kappa shape index (κ3) is 4.35. The number of hydrogen-bond donors (Lipinski definition) is 0. The van der Waals surface area contributed by atoms with Crippen molar-refractivity contribution < 1.29 is 23.7 Å². The van der Waals surface area contributed by atoms with Crippen molar-refractivity contribution in [3.63, 3.8) is 0 Å². The van der Waals surface area contributed by atoms with E-state index in [4.69, 9.17) is 18.9 Å². The second kappa shape index (κ2) is 6.82. The van der Waals surface area contributed by atoms with Crippen LogP contribution < -0.4 is 0 Å². The number of ether oxygens (including phenoxy) is 4. The smallest absolute Gasteiger partial charge is 0.335 e. The van der Waals surface area contributed by atoms with Gasteiger partial charge < -0.3 is 18.9 Å². The van der Waals surface area contributed by atoms with E-state index in [0.29, 0.717) is 26.1 Å². The minimum Gasteiger partial charge on any atom is -0.460 e. The van der Waals surface area contributed by atoms with Crippen molar-refractivity contribution in [2.24, 2.45) is 0 Å². The number of carbonyl (C=O) groups excluding carboxylic acids is 1. The summed E-state index contributed by atoms with van der Waals surface area (Å²) in [6.07, 6.45) is 1.48. The topological polar surface area (TPSA) is 54.0 Å². The van der Waals surface area contributed by atoms with Gasteiger partial charge in [0.25, 0.3) is 0 Å². The number of rotatable bonds is 5. The van der Waals surface area contributed by atoms with Gasteiger partial charge in [-0.25, -0.2) is 4.79 Å². The lowest BCUT2D eigenvalue weighted by molar-refractivity contribution is -0.183. The monoisotopic (exact) mass is 334 g/mol. The quantitative estimate of drug-likeness (QED) is 0.774. The van der Waals surface area contributed by atoms with Crippen LogP contribution in [0.4, 0.5) is 0 Å². The Labute approximate surface area is 143 Å². The van der Waals surface area contributed by atoms with Gasteiger partial charge in [-0.2, -0.15) is 0 Å². The third-order valence-corrected chi connectivity index (χ3v) is 4.47. The first-order valence-corrected chi connectivity index (χ1v) is 8.55. The average Bonchev–Trinajstić information content (AvgIpc) is 2.81. The zero-order valence-electron chi connectivity index (χ0n) is 14.6. The predicted molar refractivity (Wildman–Crippen MR) is 88.3 cm³/mol. The molecule has 1 aromatic carbocycles. The molecular weight excluding hydrogens is 308 g/mol. The Bertz CT molecular complexity index is 570. The summed E-state index contributed by atoms with van der Waals surface area (Å²) >= 11 is 0. The van der Waals surface area contributed by atoms with Gasteiger partial charge in [0.1, 0.15) is 6.10 Å². The van der Waals surface area contributed by atoms with Gasteiger partial charge in [-0.15, -0.1) is 0 Å². The lowest BCUT2D eigenvalue weighted by Gasteiger charge is -2.33. The molecule has 0 saturated carbocycles. The SMILES string of the molecule is CC1(C)OC[C@](C)(C[C@@H]2CC[C@@H](OCc3ccccc3)C(=O)O2)O1. The number of carbonyl (C=O) groups is 1. The van der Waals surface area contributed by atoms with Crippen molar-refractivity contribution >= 4 is 5.97 Å². The molecule has 3 rings (SSSR count). The number of esters is 1. The molecule has 5 nitrogen and oxygen atoms in total. The Morgan fingerprint density at radius 3 is 2.54 bits per heavy atom. The van der Waals surface area contributed by atoms with E-state index in [1.807, 2.05) is 51.1 Å². The minimum absolute atomic E-state index is 0.142. The highest BCUT2D eigenvalue weighted by Crippen LogP contribution is 2.36. The predicted octanol–water partition coefficient (Wildman–Crippen LogP) is 3.21. The van der Waals surface area contributed by atoms with Crippen LogP contribution in [0.3, 0.4) is 0 Å². The normalized spacial score (nSPS) is 32.5. The number of benzene rings is 1. The molecule has 0 N–H and O–H groups in total. The molecule has 0 radical (unpaired) electrons. The van der Waals surface area contributed by atoms with E-state index < -0.39 is 17.5 Å². The van der Waals surface area contributed by atoms with Gasteiger partial charge in [0.15, 0.2) is 11.9 Å². The molecule has 0 spiro atoms. The summed E-state index contributed by atoms with van der Waals surface area (Å²) in [6, 6.07) is 9.84. The van der Waals surface area contributed by atoms with Gasteiger partial charge in [-0.05, 0) is 39.2 Å². The zero-order chi connectivity index (χ0) is 17.2. The Hall–Kier alpha value is -1.43. The standard InChI is InChI=1S/C19H26O5/c1-18(2)22-13-19(3,24-18)11-15-9-10-16(17(20)23-15)21-12-14-7-5-4-6-8-14/h4-8,15-16H,9-13H2,1-3H3/t15-,16+,19-/m0/s1. The Morgan fingerprint density at radius 2 is 1.92 bits per heavy atom. The second-order valence-electron chi connectivity index (χ2n) is 7.37. The van der Waals surface area contributed by atoms with Crippen LogP contribution in [0.5, 0.6) is 0 Å². The molecule has 1 aromatic rings. The molecule has 2 aliphatic rings. The molecule has 3 atom stereocenters. The molecular formula is C19H26O5. The zero-order valence-corrected chi connectivity index (χ0v) is 14.6. The summed E-state index contributed by atoms with van der Waals surface area (Å²) in [5, 5.41) is 0. The lowest BCUT2D eigenvalue weighted by atomic mass is 9.94. The summed E-state index contributed by atoms with van der Waals surface area (Å²) in [5.74, 6) is -0.849. The first-order valence-electron chi connectivity index (χ1n) is 8.55. The van der Waals surface area contributed by atoms with Crippen molar-refractivity contribution in [3.8, 4) is 0 Å². The minimum atomic E-state index is -0.575. The summed E-state index contributed by atoms with van der Waals surface area (Å²) in [4.78, 5) is 12.2. The van der Waals surface area contributed by atoms with Gasteiger partial charge in [0.2, 0.25) is 0 Å². The molecule has 2 saturated heterocycles. The van der Waals surface area contributed by atoms with Gasteiger partial charge in [-0.1, -0.05) is 30.3 Å². The highest BCUT2D eigenvalue weighted by Gasteiger charge is 2.45. The van der Waals surface area contributed by atoms with E-state index in [1.165, 1.54) is 0 Å². The van der Waals surface area contributed by atoms with E-state index in [9.17, 15) is 4.79 Å². The Morgan fingerprint density at radius 1 is 1.17 bits per heavy atom. The molecule has 2 fully saturated rings. The summed E-state index contributed by atoms with van der Waals surface area (Å²) in [7, 11) is 0. The van der Waals surface area contributed by atoms with Crippen molar-refractivity contribution in [1.29, 1.82) is 0 Å². The second-order valence-corrected chi connectivity index (χ2v) is 7.37. The number of cyclic esters (lactones) is 1. The third-order valence-electron chi connectivity index (χ3n) is 4.47. The molecule has 0 amide bonds. The van der Waals surface area contributed by atoms with E-state index in [1.54, 1.807) is 0 Å². The van der Waals surface area contributed by atoms with Crippen LogP contribution in [0.15, 0.2) is 30.3 Å². The van der Waals surface area contributed by atoms with Crippen LogP contribution in [-0.2, 0) is 30.3 Å². The molecule has 0 aromatic heterocycles. The van der Waals surface area contributed by atoms with Crippen molar-refractivity contribution in [1.82, 2.24) is 0 Å². The van der Waals surface area contributed by atoms with E-state index in [-0.39, 0.29) is 12.1 Å².